The van der Waals surface area contributed by atoms with Crippen LogP contribution in [0.25, 0.3) is 0 Å². The van der Waals surface area contributed by atoms with Crippen LogP contribution < -0.4 is 0 Å². The number of aliphatic hydroxyl groups excluding tert-OH is 4. The van der Waals surface area contributed by atoms with Gasteiger partial charge in [0.2, 0.25) is 0 Å². The highest BCUT2D eigenvalue weighted by Crippen LogP contribution is 2.28. The van der Waals surface area contributed by atoms with Crippen molar-refractivity contribution in [3.05, 3.63) is 11.6 Å². The fourth-order valence-corrected chi connectivity index (χ4v) is 6.40. The SMILES string of the molecule is CCCCCCCCCCCCCC[C@H](O)[C@@H]1CC[C@H]([C@H](O)CC[C@H](O)CCCCC[C@@H](O)CC2=C[C@H](C)OC2=O)O1. The number of esters is 1. The molecule has 7 heteroatoms. The number of carbonyl (C=O) groups excluding carboxylic acids is 1. The maximum Gasteiger partial charge on any atom is 0.334 e. The zero-order valence-electron chi connectivity index (χ0n) is 26.9. The lowest BCUT2D eigenvalue weighted by Gasteiger charge is -2.23. The lowest BCUT2D eigenvalue weighted by atomic mass is 9.98. The second kappa shape index (κ2) is 22.5. The summed E-state index contributed by atoms with van der Waals surface area (Å²) in [5, 5.41) is 41.8. The number of hydrogen-bond donors (Lipinski definition) is 4. The Bertz CT molecular complexity index is 726. The Labute approximate surface area is 256 Å². The molecule has 2 heterocycles. The zero-order valence-corrected chi connectivity index (χ0v) is 26.9. The third-order valence-electron chi connectivity index (χ3n) is 9.11. The summed E-state index contributed by atoms with van der Waals surface area (Å²) < 4.78 is 11.1. The predicted octanol–water partition coefficient (Wildman–Crippen LogP) is 7.06. The summed E-state index contributed by atoms with van der Waals surface area (Å²) in [6.45, 7) is 4.07. The van der Waals surface area contributed by atoms with Crippen molar-refractivity contribution in [2.75, 3.05) is 0 Å². The second-order valence-electron chi connectivity index (χ2n) is 13.1. The number of ether oxygens (including phenoxy) is 2. The third-order valence-corrected chi connectivity index (χ3v) is 9.11. The largest absolute Gasteiger partial charge is 0.455 e. The van der Waals surface area contributed by atoms with E-state index in [0.717, 1.165) is 44.9 Å². The highest BCUT2D eigenvalue weighted by atomic mass is 16.5. The van der Waals surface area contributed by atoms with E-state index < -0.39 is 24.4 Å². The monoisotopic (exact) mass is 596 g/mol. The van der Waals surface area contributed by atoms with Crippen molar-refractivity contribution in [2.45, 2.75) is 204 Å². The van der Waals surface area contributed by atoms with E-state index in [2.05, 4.69) is 6.92 Å². The van der Waals surface area contributed by atoms with Gasteiger partial charge in [0.15, 0.2) is 0 Å². The molecule has 7 atom stereocenters. The van der Waals surface area contributed by atoms with Crippen molar-refractivity contribution in [2.24, 2.45) is 0 Å². The third kappa shape index (κ3) is 16.2. The molecule has 246 valence electrons. The molecule has 42 heavy (non-hydrogen) atoms. The van der Waals surface area contributed by atoms with E-state index in [1.807, 2.05) is 6.92 Å². The highest BCUT2D eigenvalue weighted by molar-refractivity contribution is 5.90. The van der Waals surface area contributed by atoms with Crippen LogP contribution in [0.1, 0.15) is 162 Å². The van der Waals surface area contributed by atoms with Gasteiger partial charge in [-0.05, 0) is 57.9 Å². The number of cyclic esters (lactones) is 1. The van der Waals surface area contributed by atoms with Crippen LogP contribution in [0.4, 0.5) is 0 Å². The Morgan fingerprint density at radius 3 is 1.69 bits per heavy atom. The highest BCUT2D eigenvalue weighted by Gasteiger charge is 2.34. The van der Waals surface area contributed by atoms with E-state index in [9.17, 15) is 25.2 Å². The molecule has 0 aromatic carbocycles. The number of aliphatic hydroxyl groups is 4. The van der Waals surface area contributed by atoms with Gasteiger partial charge in [0.25, 0.3) is 0 Å². The molecule has 7 nitrogen and oxygen atoms in total. The molecule has 1 fully saturated rings. The molecular weight excluding hydrogens is 532 g/mol. The first-order valence-corrected chi connectivity index (χ1v) is 17.6. The molecule has 0 amide bonds. The van der Waals surface area contributed by atoms with Gasteiger partial charge in [-0.3, -0.25) is 0 Å². The van der Waals surface area contributed by atoms with E-state index >= 15 is 0 Å². The Morgan fingerprint density at radius 2 is 1.14 bits per heavy atom. The summed E-state index contributed by atoms with van der Waals surface area (Å²) >= 11 is 0. The van der Waals surface area contributed by atoms with Gasteiger partial charge in [-0.15, -0.1) is 0 Å². The molecule has 0 unspecified atom stereocenters. The molecule has 0 aromatic rings. The molecule has 1 saturated heterocycles. The lowest BCUT2D eigenvalue weighted by Crippen LogP contribution is -2.31. The van der Waals surface area contributed by atoms with Gasteiger partial charge in [0.1, 0.15) is 6.10 Å². The van der Waals surface area contributed by atoms with Crippen LogP contribution in [0.2, 0.25) is 0 Å². The maximum absolute atomic E-state index is 11.7. The minimum atomic E-state index is -0.613. The second-order valence-corrected chi connectivity index (χ2v) is 13.1. The lowest BCUT2D eigenvalue weighted by molar-refractivity contribution is -0.139. The summed E-state index contributed by atoms with van der Waals surface area (Å²) in [6, 6.07) is 0. The van der Waals surface area contributed by atoms with Gasteiger partial charge < -0.3 is 29.9 Å². The van der Waals surface area contributed by atoms with Crippen LogP contribution in [0, 0.1) is 0 Å². The van der Waals surface area contributed by atoms with Crippen LogP contribution in [0.15, 0.2) is 11.6 Å². The van der Waals surface area contributed by atoms with Crippen molar-refractivity contribution < 1.29 is 34.7 Å². The normalized spacial score (nSPS) is 23.5. The first kappa shape index (κ1) is 37.2. The minimum Gasteiger partial charge on any atom is -0.455 e. The molecule has 4 N–H and O–H groups in total. The minimum absolute atomic E-state index is 0.184. The van der Waals surface area contributed by atoms with E-state index in [0.29, 0.717) is 37.7 Å². The fraction of sp³-hybridized carbons (Fsp3) is 0.914. The quantitative estimate of drug-likeness (QED) is 0.0624. The summed E-state index contributed by atoms with van der Waals surface area (Å²) in [4.78, 5) is 11.7. The first-order chi connectivity index (χ1) is 20.3. The van der Waals surface area contributed by atoms with E-state index in [-0.39, 0.29) is 24.3 Å². The van der Waals surface area contributed by atoms with Crippen LogP contribution in [0.5, 0.6) is 0 Å². The van der Waals surface area contributed by atoms with Crippen molar-refractivity contribution in [3.63, 3.8) is 0 Å². The van der Waals surface area contributed by atoms with Crippen LogP contribution in [0.3, 0.4) is 0 Å². The van der Waals surface area contributed by atoms with Gasteiger partial charge in [-0.1, -0.05) is 103 Å². The number of hydrogen-bond acceptors (Lipinski definition) is 7. The zero-order chi connectivity index (χ0) is 30.6. The van der Waals surface area contributed by atoms with Crippen molar-refractivity contribution in [1.82, 2.24) is 0 Å². The van der Waals surface area contributed by atoms with Gasteiger partial charge in [0, 0.05) is 12.0 Å². The summed E-state index contributed by atoms with van der Waals surface area (Å²) in [5.74, 6) is -0.323. The van der Waals surface area contributed by atoms with Gasteiger partial charge in [-0.25, -0.2) is 4.79 Å². The Morgan fingerprint density at radius 1 is 0.667 bits per heavy atom. The van der Waals surface area contributed by atoms with E-state index in [1.165, 1.54) is 70.6 Å². The standard InChI is InChI=1S/C35H64O7/c1-3-4-5-6-7-8-9-10-11-12-13-17-20-31(38)33-23-24-34(42-33)32(39)22-21-29(36)18-15-14-16-19-30(37)26-28-25-27(2)41-35(28)40/h25,27,29-34,36-39H,3-24,26H2,1-2H3/t27-,29+,30+,31-,32+,33-,34+/m0/s1. The molecule has 0 aromatic heterocycles. The summed E-state index contributed by atoms with van der Waals surface area (Å²) in [6.07, 6.45) is 22.3. The van der Waals surface area contributed by atoms with Gasteiger partial charge >= 0.3 is 5.97 Å². The maximum atomic E-state index is 11.7. The molecule has 2 aliphatic heterocycles. The van der Waals surface area contributed by atoms with Crippen LogP contribution in [-0.4, -0.2) is 69.1 Å². The summed E-state index contributed by atoms with van der Waals surface area (Å²) in [5.41, 5.74) is 0.565. The molecule has 0 spiro atoms. The van der Waals surface area contributed by atoms with Crippen molar-refractivity contribution >= 4 is 5.97 Å². The number of rotatable bonds is 26. The van der Waals surface area contributed by atoms with Crippen LogP contribution in [-0.2, 0) is 14.3 Å². The van der Waals surface area contributed by atoms with Gasteiger partial charge in [-0.2, -0.15) is 0 Å². The molecule has 2 rings (SSSR count). The fourth-order valence-electron chi connectivity index (χ4n) is 6.40. The Hall–Kier alpha value is -0.990. The molecule has 0 saturated carbocycles. The van der Waals surface area contributed by atoms with E-state index in [4.69, 9.17) is 9.47 Å². The average molecular weight is 597 g/mol. The van der Waals surface area contributed by atoms with Crippen molar-refractivity contribution in [1.29, 1.82) is 0 Å². The molecule has 0 bridgehead atoms. The summed E-state index contributed by atoms with van der Waals surface area (Å²) in [7, 11) is 0. The topological polar surface area (TPSA) is 116 Å². The Kier molecular flexibility index (Phi) is 19.9. The molecule has 0 radical (unpaired) electrons. The Balaban J connectivity index is 1.43. The first-order valence-electron chi connectivity index (χ1n) is 17.6. The van der Waals surface area contributed by atoms with Gasteiger partial charge in [0.05, 0.1) is 36.6 Å². The molecule has 0 aliphatic carbocycles. The van der Waals surface area contributed by atoms with Crippen LogP contribution >= 0.6 is 0 Å². The molecular formula is C35H64O7. The number of carbonyl (C=O) groups is 1. The van der Waals surface area contributed by atoms with E-state index in [1.54, 1.807) is 6.08 Å². The molecule has 2 aliphatic rings. The average Bonchev–Trinajstić information content (AvgIpc) is 3.58. The smallest absolute Gasteiger partial charge is 0.334 e. The van der Waals surface area contributed by atoms with Crippen molar-refractivity contribution in [3.8, 4) is 0 Å². The number of unbranched alkanes of at least 4 members (excludes halogenated alkanes) is 13. The predicted molar refractivity (Wildman–Crippen MR) is 168 cm³/mol.